The van der Waals surface area contributed by atoms with Crippen molar-refractivity contribution in [1.29, 1.82) is 0 Å². The van der Waals surface area contributed by atoms with Gasteiger partial charge in [-0.1, -0.05) is 30.7 Å². The smallest absolute Gasteiger partial charge is 0.0409 e. The zero-order valence-electron chi connectivity index (χ0n) is 8.18. The Labute approximate surface area is 85.1 Å². The van der Waals surface area contributed by atoms with Gasteiger partial charge in [0.05, 0.1) is 0 Å². The van der Waals surface area contributed by atoms with E-state index < -0.39 is 0 Å². The molecule has 13 heavy (non-hydrogen) atoms. The van der Waals surface area contributed by atoms with Crippen LogP contribution in [0.25, 0.3) is 0 Å². The van der Waals surface area contributed by atoms with Crippen LogP contribution in [0.1, 0.15) is 31.9 Å². The minimum absolute atomic E-state index is 0.388. The van der Waals surface area contributed by atoms with Gasteiger partial charge in [-0.05, 0) is 37.6 Å². The van der Waals surface area contributed by atoms with Crippen molar-refractivity contribution in [3.8, 4) is 0 Å². The fourth-order valence-corrected chi connectivity index (χ4v) is 1.45. The molecule has 0 unspecified atom stereocenters. The molecule has 72 valence electrons. The maximum Gasteiger partial charge on any atom is 0.0409 e. The summed E-state index contributed by atoms with van der Waals surface area (Å²) in [6, 6.07) is 8.38. The largest absolute Gasteiger partial charge is 0.310 e. The number of rotatable bonds is 4. The van der Waals surface area contributed by atoms with Crippen LogP contribution in [0, 0.1) is 0 Å². The van der Waals surface area contributed by atoms with Crippen molar-refractivity contribution < 1.29 is 0 Å². The van der Waals surface area contributed by atoms with Gasteiger partial charge in [0.1, 0.15) is 0 Å². The van der Waals surface area contributed by atoms with Crippen molar-refractivity contribution in [2.45, 2.75) is 26.3 Å². The van der Waals surface area contributed by atoms with E-state index in [4.69, 9.17) is 11.6 Å². The van der Waals surface area contributed by atoms with Crippen LogP contribution in [0.4, 0.5) is 0 Å². The maximum absolute atomic E-state index is 5.90. The number of halogens is 1. The van der Waals surface area contributed by atoms with Crippen LogP contribution in [0.2, 0.25) is 5.02 Å². The Morgan fingerprint density at radius 2 is 2.23 bits per heavy atom. The van der Waals surface area contributed by atoms with Crippen LogP contribution in [-0.2, 0) is 0 Å². The van der Waals surface area contributed by atoms with E-state index in [1.165, 1.54) is 5.56 Å². The van der Waals surface area contributed by atoms with Gasteiger partial charge >= 0.3 is 0 Å². The second kappa shape index (κ2) is 5.25. The van der Waals surface area contributed by atoms with E-state index >= 15 is 0 Å². The van der Waals surface area contributed by atoms with Gasteiger partial charge in [-0.3, -0.25) is 0 Å². The molecule has 0 fully saturated rings. The fraction of sp³-hybridized carbons (Fsp3) is 0.455. The first kappa shape index (κ1) is 10.6. The lowest BCUT2D eigenvalue weighted by molar-refractivity contribution is 0.571. The molecule has 1 nitrogen and oxygen atoms in total. The van der Waals surface area contributed by atoms with Crippen molar-refractivity contribution in [2.75, 3.05) is 6.54 Å². The summed E-state index contributed by atoms with van der Waals surface area (Å²) in [5.74, 6) is 0. The third-order valence-electron chi connectivity index (χ3n) is 2.05. The number of hydrogen-bond acceptors (Lipinski definition) is 1. The average molecular weight is 198 g/mol. The van der Waals surface area contributed by atoms with Crippen LogP contribution in [-0.4, -0.2) is 6.54 Å². The van der Waals surface area contributed by atoms with E-state index in [9.17, 15) is 0 Å². The summed E-state index contributed by atoms with van der Waals surface area (Å²) in [6.45, 7) is 5.37. The first-order chi connectivity index (χ1) is 6.24. The Morgan fingerprint density at radius 1 is 1.46 bits per heavy atom. The molecule has 0 saturated heterocycles. The van der Waals surface area contributed by atoms with E-state index in [0.717, 1.165) is 18.0 Å². The first-order valence-corrected chi connectivity index (χ1v) is 5.10. The van der Waals surface area contributed by atoms with Crippen molar-refractivity contribution >= 4 is 11.6 Å². The van der Waals surface area contributed by atoms with Gasteiger partial charge < -0.3 is 5.32 Å². The summed E-state index contributed by atoms with van der Waals surface area (Å²) < 4.78 is 0. The van der Waals surface area contributed by atoms with Crippen molar-refractivity contribution in [3.63, 3.8) is 0 Å². The van der Waals surface area contributed by atoms with Crippen molar-refractivity contribution in [1.82, 2.24) is 5.32 Å². The van der Waals surface area contributed by atoms with Gasteiger partial charge in [0.15, 0.2) is 0 Å². The second-order valence-electron chi connectivity index (χ2n) is 3.23. The maximum atomic E-state index is 5.90. The summed E-state index contributed by atoms with van der Waals surface area (Å²) in [4.78, 5) is 0. The van der Waals surface area contributed by atoms with Gasteiger partial charge in [-0.2, -0.15) is 0 Å². The number of hydrogen-bond donors (Lipinski definition) is 1. The minimum Gasteiger partial charge on any atom is -0.310 e. The number of benzene rings is 1. The van der Waals surface area contributed by atoms with Crippen LogP contribution < -0.4 is 5.32 Å². The molecule has 0 aliphatic carbocycles. The molecule has 2 heteroatoms. The third-order valence-corrected chi connectivity index (χ3v) is 2.28. The average Bonchev–Trinajstić information content (AvgIpc) is 2.14. The molecule has 0 saturated carbocycles. The number of nitrogens with one attached hydrogen (secondary N) is 1. The van der Waals surface area contributed by atoms with Crippen LogP contribution in [0.15, 0.2) is 24.3 Å². The Bertz CT molecular complexity index is 260. The van der Waals surface area contributed by atoms with E-state index in [0.29, 0.717) is 6.04 Å². The highest BCUT2D eigenvalue weighted by molar-refractivity contribution is 6.30. The van der Waals surface area contributed by atoms with Gasteiger partial charge in [0, 0.05) is 11.1 Å². The molecule has 0 aliphatic heterocycles. The molecule has 1 N–H and O–H groups in total. The molecule has 0 amide bonds. The first-order valence-electron chi connectivity index (χ1n) is 4.73. The highest BCUT2D eigenvalue weighted by atomic mass is 35.5. The van der Waals surface area contributed by atoms with E-state index in [2.05, 4.69) is 25.2 Å². The second-order valence-corrected chi connectivity index (χ2v) is 3.67. The predicted octanol–water partition coefficient (Wildman–Crippen LogP) is 3.40. The highest BCUT2D eigenvalue weighted by Crippen LogP contribution is 2.16. The zero-order valence-corrected chi connectivity index (χ0v) is 8.93. The SMILES string of the molecule is CCCN[C@H](C)c1cccc(Cl)c1. The normalized spacial score (nSPS) is 12.8. The van der Waals surface area contributed by atoms with Gasteiger partial charge in [0.2, 0.25) is 0 Å². The molecule has 1 atom stereocenters. The topological polar surface area (TPSA) is 12.0 Å². The highest BCUT2D eigenvalue weighted by Gasteiger charge is 2.03. The van der Waals surface area contributed by atoms with E-state index in [-0.39, 0.29) is 0 Å². The third kappa shape index (κ3) is 3.37. The quantitative estimate of drug-likeness (QED) is 0.780. The predicted molar refractivity (Wildman–Crippen MR) is 58.2 cm³/mol. The van der Waals surface area contributed by atoms with Crippen molar-refractivity contribution in [2.24, 2.45) is 0 Å². The summed E-state index contributed by atoms with van der Waals surface area (Å²) >= 11 is 5.90. The van der Waals surface area contributed by atoms with Gasteiger partial charge in [-0.25, -0.2) is 0 Å². The lowest BCUT2D eigenvalue weighted by Gasteiger charge is -2.13. The summed E-state index contributed by atoms with van der Waals surface area (Å²) in [5, 5.41) is 4.23. The Morgan fingerprint density at radius 3 is 2.85 bits per heavy atom. The molecular formula is C11H16ClN. The molecule has 0 radical (unpaired) electrons. The summed E-state index contributed by atoms with van der Waals surface area (Å²) in [6.07, 6.45) is 1.16. The molecule has 1 aromatic carbocycles. The van der Waals surface area contributed by atoms with Crippen molar-refractivity contribution in [3.05, 3.63) is 34.9 Å². The molecule has 0 aromatic heterocycles. The molecular weight excluding hydrogens is 182 g/mol. The van der Waals surface area contributed by atoms with Crippen LogP contribution >= 0.6 is 11.6 Å². The van der Waals surface area contributed by atoms with Gasteiger partial charge in [-0.15, -0.1) is 0 Å². The molecule has 0 aliphatic rings. The lowest BCUT2D eigenvalue weighted by atomic mass is 10.1. The standard InChI is InChI=1S/C11H16ClN/c1-3-7-13-9(2)10-5-4-6-11(12)8-10/h4-6,8-9,13H,3,7H2,1-2H3/t9-/m1/s1. The zero-order chi connectivity index (χ0) is 9.68. The molecule has 0 bridgehead atoms. The van der Waals surface area contributed by atoms with Crippen LogP contribution in [0.5, 0.6) is 0 Å². The lowest BCUT2D eigenvalue weighted by Crippen LogP contribution is -2.19. The minimum atomic E-state index is 0.388. The molecule has 1 rings (SSSR count). The molecule has 0 spiro atoms. The Balaban J connectivity index is 2.60. The summed E-state index contributed by atoms with van der Waals surface area (Å²) in [7, 11) is 0. The van der Waals surface area contributed by atoms with Crippen LogP contribution in [0.3, 0.4) is 0 Å². The Hall–Kier alpha value is -0.530. The van der Waals surface area contributed by atoms with Gasteiger partial charge in [0.25, 0.3) is 0 Å². The summed E-state index contributed by atoms with van der Waals surface area (Å²) in [5.41, 5.74) is 1.25. The molecule has 1 aromatic rings. The van der Waals surface area contributed by atoms with E-state index in [1.54, 1.807) is 0 Å². The Kier molecular flexibility index (Phi) is 4.26. The molecule has 0 heterocycles. The monoisotopic (exact) mass is 197 g/mol. The fourth-order valence-electron chi connectivity index (χ4n) is 1.25. The van der Waals surface area contributed by atoms with E-state index in [1.807, 2.05) is 18.2 Å².